The maximum atomic E-state index is 12.6. The molecule has 13 heteroatoms. The Balaban J connectivity index is 1.26. The number of nitrogens with zero attached hydrogens (tertiary/aromatic N) is 5. The summed E-state index contributed by atoms with van der Waals surface area (Å²) in [7, 11) is -3.20. The van der Waals surface area contributed by atoms with Crippen LogP contribution in [0.5, 0.6) is 0 Å². The Morgan fingerprint density at radius 2 is 1.97 bits per heavy atom. The van der Waals surface area contributed by atoms with Crippen molar-refractivity contribution in [2.24, 2.45) is 0 Å². The van der Waals surface area contributed by atoms with Crippen LogP contribution in [0, 0.1) is 0 Å². The number of aromatic amines is 1. The SMILES string of the molecule is CS(=O)(=O)N1CCC(NC(=O)/C=C/c2cc3nc(-c4cccc5[nH]ncc45)nc(N4CCOCC4)c3s2)CC1. The molecule has 2 N–H and O–H groups in total. The van der Waals surface area contributed by atoms with Crippen LogP contribution < -0.4 is 10.2 Å². The van der Waals surface area contributed by atoms with Crippen LogP contribution in [0.1, 0.15) is 17.7 Å². The molecule has 39 heavy (non-hydrogen) atoms. The molecule has 0 unspecified atom stereocenters. The van der Waals surface area contributed by atoms with Crippen LogP contribution in [-0.2, 0) is 19.6 Å². The van der Waals surface area contributed by atoms with E-state index < -0.39 is 10.0 Å². The molecule has 2 aliphatic heterocycles. The highest BCUT2D eigenvalue weighted by Gasteiger charge is 2.25. The molecule has 3 aromatic heterocycles. The van der Waals surface area contributed by atoms with Gasteiger partial charge in [0.2, 0.25) is 15.9 Å². The third-order valence-corrected chi connectivity index (χ3v) is 9.47. The van der Waals surface area contributed by atoms with Gasteiger partial charge in [-0.1, -0.05) is 12.1 Å². The number of morpholine rings is 1. The van der Waals surface area contributed by atoms with E-state index in [1.54, 1.807) is 23.6 Å². The van der Waals surface area contributed by atoms with E-state index in [9.17, 15) is 13.2 Å². The second-order valence-corrected chi connectivity index (χ2v) is 12.8. The molecule has 5 heterocycles. The Labute approximate surface area is 229 Å². The number of benzene rings is 1. The molecule has 0 spiro atoms. The predicted octanol–water partition coefficient (Wildman–Crippen LogP) is 2.62. The number of sulfonamides is 1. The molecule has 0 atom stereocenters. The summed E-state index contributed by atoms with van der Waals surface area (Å²) in [5, 5.41) is 11.1. The smallest absolute Gasteiger partial charge is 0.244 e. The summed E-state index contributed by atoms with van der Waals surface area (Å²) < 4.78 is 31.4. The third kappa shape index (κ3) is 5.53. The molecule has 2 saturated heterocycles. The minimum absolute atomic E-state index is 0.0467. The Morgan fingerprint density at radius 3 is 2.74 bits per heavy atom. The van der Waals surface area contributed by atoms with E-state index >= 15 is 0 Å². The number of H-pyrrole nitrogens is 1. The number of carbonyl (C=O) groups excluding carboxylic acids is 1. The van der Waals surface area contributed by atoms with Crippen molar-refractivity contribution in [1.29, 1.82) is 0 Å². The highest BCUT2D eigenvalue weighted by molar-refractivity contribution is 7.88. The van der Waals surface area contributed by atoms with Crippen molar-refractivity contribution in [2.75, 3.05) is 50.5 Å². The molecule has 6 rings (SSSR count). The van der Waals surface area contributed by atoms with E-state index in [-0.39, 0.29) is 11.9 Å². The van der Waals surface area contributed by atoms with Crippen molar-refractivity contribution in [2.45, 2.75) is 18.9 Å². The first-order valence-corrected chi connectivity index (χ1v) is 15.5. The summed E-state index contributed by atoms with van der Waals surface area (Å²) >= 11 is 1.55. The second kappa shape index (κ2) is 10.6. The third-order valence-electron chi connectivity index (χ3n) is 7.08. The van der Waals surface area contributed by atoms with Gasteiger partial charge >= 0.3 is 0 Å². The first-order valence-electron chi connectivity index (χ1n) is 12.9. The molecule has 0 radical (unpaired) electrons. The minimum atomic E-state index is -3.20. The van der Waals surface area contributed by atoms with Gasteiger partial charge in [0, 0.05) is 54.1 Å². The summed E-state index contributed by atoms with van der Waals surface area (Å²) in [4.78, 5) is 25.7. The molecule has 1 aromatic carbocycles. The van der Waals surface area contributed by atoms with Gasteiger partial charge in [-0.2, -0.15) is 5.10 Å². The molecular formula is C26H29N7O4S2. The number of thiophene rings is 1. The first-order chi connectivity index (χ1) is 18.8. The zero-order valence-corrected chi connectivity index (χ0v) is 23.1. The van der Waals surface area contributed by atoms with Gasteiger partial charge in [-0.25, -0.2) is 22.7 Å². The second-order valence-electron chi connectivity index (χ2n) is 9.75. The zero-order chi connectivity index (χ0) is 27.0. The lowest BCUT2D eigenvalue weighted by Gasteiger charge is -2.30. The van der Waals surface area contributed by atoms with Crippen molar-refractivity contribution < 1.29 is 17.9 Å². The molecule has 0 bridgehead atoms. The van der Waals surface area contributed by atoms with Crippen LogP contribution in [0.3, 0.4) is 0 Å². The summed E-state index contributed by atoms with van der Waals surface area (Å²) in [5.74, 6) is 1.30. The summed E-state index contributed by atoms with van der Waals surface area (Å²) in [5.41, 5.74) is 2.65. The van der Waals surface area contributed by atoms with Crippen LogP contribution in [0.2, 0.25) is 0 Å². The Morgan fingerprint density at radius 1 is 1.18 bits per heavy atom. The molecule has 1 amide bonds. The summed E-state index contributed by atoms with van der Waals surface area (Å²) in [6.07, 6.45) is 7.53. The molecule has 0 saturated carbocycles. The average molecular weight is 568 g/mol. The lowest BCUT2D eigenvalue weighted by molar-refractivity contribution is -0.117. The van der Waals surface area contributed by atoms with Crippen LogP contribution in [0.4, 0.5) is 5.82 Å². The fraction of sp³-hybridized carbons (Fsp3) is 0.385. The number of carbonyl (C=O) groups is 1. The van der Waals surface area contributed by atoms with E-state index in [1.165, 1.54) is 16.6 Å². The lowest BCUT2D eigenvalue weighted by atomic mass is 10.1. The zero-order valence-electron chi connectivity index (χ0n) is 21.5. The highest BCUT2D eigenvalue weighted by Crippen LogP contribution is 2.36. The van der Waals surface area contributed by atoms with Crippen LogP contribution in [0.25, 0.3) is 38.6 Å². The molecule has 4 aromatic rings. The fourth-order valence-corrected chi connectivity index (χ4v) is 6.92. The maximum absolute atomic E-state index is 12.6. The van der Waals surface area contributed by atoms with Crippen molar-refractivity contribution in [3.63, 3.8) is 0 Å². The normalized spacial score (nSPS) is 17.9. The summed E-state index contributed by atoms with van der Waals surface area (Å²) in [6, 6.07) is 7.87. The molecule has 204 valence electrons. The van der Waals surface area contributed by atoms with Gasteiger partial charge in [-0.15, -0.1) is 11.3 Å². The number of piperidine rings is 1. The molecule has 11 nitrogen and oxygen atoms in total. The van der Waals surface area contributed by atoms with Gasteiger partial charge in [0.25, 0.3) is 0 Å². The highest BCUT2D eigenvalue weighted by atomic mass is 32.2. The fourth-order valence-electron chi connectivity index (χ4n) is 5.03. The number of hydrogen-bond donors (Lipinski definition) is 2. The maximum Gasteiger partial charge on any atom is 0.244 e. The number of hydrogen-bond acceptors (Lipinski definition) is 9. The number of anilines is 1. The molecular weight excluding hydrogens is 538 g/mol. The lowest BCUT2D eigenvalue weighted by Crippen LogP contribution is -2.45. The van der Waals surface area contributed by atoms with Crippen LogP contribution in [0.15, 0.2) is 36.5 Å². The van der Waals surface area contributed by atoms with Crippen molar-refractivity contribution in [1.82, 2.24) is 29.8 Å². The van der Waals surface area contributed by atoms with E-state index in [1.807, 2.05) is 24.3 Å². The minimum Gasteiger partial charge on any atom is -0.378 e. The number of fused-ring (bicyclic) bond motifs is 2. The number of amides is 1. The van der Waals surface area contributed by atoms with Gasteiger partial charge < -0.3 is 15.0 Å². The van der Waals surface area contributed by atoms with Crippen molar-refractivity contribution >= 4 is 60.3 Å². The van der Waals surface area contributed by atoms with E-state index in [2.05, 4.69) is 20.4 Å². The van der Waals surface area contributed by atoms with E-state index in [4.69, 9.17) is 14.7 Å². The molecule has 2 aliphatic rings. The Kier molecular flexibility index (Phi) is 7.06. The van der Waals surface area contributed by atoms with Crippen LogP contribution >= 0.6 is 11.3 Å². The summed E-state index contributed by atoms with van der Waals surface area (Å²) in [6.45, 7) is 3.60. The molecule has 2 fully saturated rings. The number of ether oxygens (including phenoxy) is 1. The van der Waals surface area contributed by atoms with E-state index in [0.717, 1.165) is 50.5 Å². The Hall–Kier alpha value is -3.39. The molecule has 0 aliphatic carbocycles. The van der Waals surface area contributed by atoms with Crippen LogP contribution in [-0.4, -0.2) is 90.5 Å². The van der Waals surface area contributed by atoms with Gasteiger partial charge in [-0.05, 0) is 31.1 Å². The quantitative estimate of drug-likeness (QED) is 0.340. The monoisotopic (exact) mass is 567 g/mol. The topological polar surface area (TPSA) is 133 Å². The Bertz CT molecular complexity index is 1650. The average Bonchev–Trinajstić information content (AvgIpc) is 3.58. The standard InChI is InChI=1S/C26H29N7O4S2/c1-39(35,36)33-9-7-17(8-10-33)28-23(34)6-5-18-15-22-24(38-18)26(32-11-13-37-14-12-32)30-25(29-22)19-3-2-4-21-20(19)16-27-31-21/h2-6,15-17H,7-14H2,1H3,(H,27,31)(H,28,34)/b6-5+. The number of nitrogens with one attached hydrogen (secondary N) is 2. The first kappa shape index (κ1) is 25.9. The number of aromatic nitrogens is 4. The predicted molar refractivity (Wildman–Crippen MR) is 152 cm³/mol. The van der Waals surface area contributed by atoms with E-state index in [0.29, 0.717) is 45.0 Å². The van der Waals surface area contributed by atoms with Gasteiger partial charge in [0.05, 0.1) is 41.4 Å². The number of rotatable bonds is 6. The largest absolute Gasteiger partial charge is 0.378 e. The van der Waals surface area contributed by atoms with Gasteiger partial charge in [0.1, 0.15) is 0 Å². The van der Waals surface area contributed by atoms with Gasteiger partial charge in [-0.3, -0.25) is 9.89 Å². The van der Waals surface area contributed by atoms with Crippen molar-refractivity contribution in [3.8, 4) is 11.4 Å². The van der Waals surface area contributed by atoms with Crippen molar-refractivity contribution in [3.05, 3.63) is 41.4 Å². The van der Waals surface area contributed by atoms with Gasteiger partial charge in [0.15, 0.2) is 11.6 Å².